The highest BCUT2D eigenvalue weighted by atomic mass is 19.1. The van der Waals surface area contributed by atoms with Crippen LogP contribution in [0.3, 0.4) is 0 Å². The summed E-state index contributed by atoms with van der Waals surface area (Å²) in [5.74, 6) is -0.236. The van der Waals surface area contributed by atoms with Gasteiger partial charge in [0.2, 0.25) is 0 Å². The molecule has 0 saturated carbocycles. The summed E-state index contributed by atoms with van der Waals surface area (Å²) in [4.78, 5) is 0. The van der Waals surface area contributed by atoms with Crippen LogP contribution in [0.25, 0.3) is 0 Å². The largest absolute Gasteiger partial charge is 0.362 e. The van der Waals surface area contributed by atoms with E-state index >= 15 is 0 Å². The van der Waals surface area contributed by atoms with Crippen LogP contribution in [0.2, 0.25) is 0 Å². The number of ether oxygens (including phenoxy) is 3. The third-order valence-electron chi connectivity index (χ3n) is 3.94. The second-order valence-electron chi connectivity index (χ2n) is 5.23. The first-order valence-corrected chi connectivity index (χ1v) is 6.88. The quantitative estimate of drug-likeness (QED) is 0.785. The molecular formula is C15H19FO3. The standard InChI is InChI=1S/C15H19FO3/c1-11(19-14-8-4-5-9-17-14)15(10-18-15)12-6-2-3-7-13(12)16/h2-3,6-7,11,14H,4-5,8-10H2,1H3/t11-,14?,15?/m1/s1. The van der Waals surface area contributed by atoms with Crippen molar-refractivity contribution >= 4 is 0 Å². The van der Waals surface area contributed by atoms with Crippen LogP contribution in [-0.4, -0.2) is 25.6 Å². The third-order valence-corrected chi connectivity index (χ3v) is 3.94. The fraction of sp³-hybridized carbons (Fsp3) is 0.600. The molecule has 2 aliphatic heterocycles. The van der Waals surface area contributed by atoms with Crippen LogP contribution in [0.5, 0.6) is 0 Å². The highest BCUT2D eigenvalue weighted by Crippen LogP contribution is 2.44. The minimum absolute atomic E-state index is 0.184. The van der Waals surface area contributed by atoms with E-state index in [0.717, 1.165) is 25.9 Å². The number of halogens is 1. The molecule has 2 heterocycles. The van der Waals surface area contributed by atoms with Crippen molar-refractivity contribution in [2.45, 2.75) is 44.2 Å². The topological polar surface area (TPSA) is 31.0 Å². The molecule has 0 aromatic heterocycles. The molecule has 1 aromatic rings. The number of benzene rings is 1. The Kier molecular flexibility index (Phi) is 3.56. The average Bonchev–Trinajstić information content (AvgIpc) is 3.22. The lowest BCUT2D eigenvalue weighted by molar-refractivity contribution is -0.197. The summed E-state index contributed by atoms with van der Waals surface area (Å²) in [5.41, 5.74) is -0.0510. The lowest BCUT2D eigenvalue weighted by atomic mass is 9.94. The highest BCUT2D eigenvalue weighted by Gasteiger charge is 2.54. The number of hydrogen-bond donors (Lipinski definition) is 0. The normalized spacial score (nSPS) is 32.0. The smallest absolute Gasteiger partial charge is 0.158 e. The second kappa shape index (κ2) is 5.19. The summed E-state index contributed by atoms with van der Waals surface area (Å²) in [6.07, 6.45) is 2.70. The van der Waals surface area contributed by atoms with Crippen LogP contribution in [0.15, 0.2) is 24.3 Å². The average molecular weight is 266 g/mol. The van der Waals surface area contributed by atoms with Crippen LogP contribution >= 0.6 is 0 Å². The van der Waals surface area contributed by atoms with E-state index in [1.807, 2.05) is 13.0 Å². The molecule has 0 aliphatic carbocycles. The van der Waals surface area contributed by atoms with E-state index in [4.69, 9.17) is 14.2 Å². The molecule has 3 nitrogen and oxygen atoms in total. The lowest BCUT2D eigenvalue weighted by Gasteiger charge is -2.29. The van der Waals surface area contributed by atoms with Gasteiger partial charge in [-0.25, -0.2) is 4.39 Å². The van der Waals surface area contributed by atoms with Gasteiger partial charge in [-0.2, -0.15) is 0 Å². The Labute approximate surface area is 112 Å². The Bertz CT molecular complexity index is 439. The first-order chi connectivity index (χ1) is 9.22. The van der Waals surface area contributed by atoms with Crippen LogP contribution in [0.1, 0.15) is 31.7 Å². The SMILES string of the molecule is C[C@@H](OC1CCCCO1)C1(c2ccccc2F)CO1. The van der Waals surface area contributed by atoms with Crippen LogP contribution in [-0.2, 0) is 19.8 Å². The zero-order valence-electron chi connectivity index (χ0n) is 11.1. The minimum atomic E-state index is -0.633. The van der Waals surface area contributed by atoms with Crippen molar-refractivity contribution in [3.63, 3.8) is 0 Å². The molecule has 1 aromatic carbocycles. The van der Waals surface area contributed by atoms with E-state index in [2.05, 4.69) is 0 Å². The maximum Gasteiger partial charge on any atom is 0.158 e. The summed E-state index contributed by atoms with van der Waals surface area (Å²) in [6, 6.07) is 6.74. The van der Waals surface area contributed by atoms with Crippen molar-refractivity contribution < 1.29 is 18.6 Å². The molecule has 2 aliphatic rings. The molecule has 3 rings (SSSR count). The van der Waals surface area contributed by atoms with Gasteiger partial charge in [0.1, 0.15) is 11.4 Å². The van der Waals surface area contributed by atoms with E-state index in [9.17, 15) is 4.39 Å². The van der Waals surface area contributed by atoms with Crippen molar-refractivity contribution in [1.29, 1.82) is 0 Å². The molecule has 2 saturated heterocycles. The van der Waals surface area contributed by atoms with Gasteiger partial charge in [0, 0.05) is 12.2 Å². The summed E-state index contributed by atoms with van der Waals surface area (Å²) < 4.78 is 30.9. The maximum atomic E-state index is 13.9. The predicted octanol–water partition coefficient (Wildman–Crippen LogP) is 2.98. The highest BCUT2D eigenvalue weighted by molar-refractivity contribution is 5.30. The zero-order chi connectivity index (χ0) is 13.3. The van der Waals surface area contributed by atoms with Crippen LogP contribution < -0.4 is 0 Å². The molecule has 4 heteroatoms. The summed E-state index contributed by atoms with van der Waals surface area (Å²) in [7, 11) is 0. The molecule has 0 bridgehead atoms. The summed E-state index contributed by atoms with van der Waals surface area (Å²) >= 11 is 0. The molecule has 0 radical (unpaired) electrons. The lowest BCUT2D eigenvalue weighted by Crippen LogP contribution is -2.35. The molecule has 104 valence electrons. The van der Waals surface area contributed by atoms with Gasteiger partial charge in [0.25, 0.3) is 0 Å². The minimum Gasteiger partial charge on any atom is -0.362 e. The molecule has 3 atom stereocenters. The van der Waals surface area contributed by atoms with Gasteiger partial charge >= 0.3 is 0 Å². The Balaban J connectivity index is 1.72. The second-order valence-corrected chi connectivity index (χ2v) is 5.23. The Hall–Kier alpha value is -0.970. The van der Waals surface area contributed by atoms with Crippen molar-refractivity contribution in [1.82, 2.24) is 0 Å². The molecule has 0 amide bonds. The van der Waals surface area contributed by atoms with Gasteiger partial charge in [0.05, 0.1) is 12.7 Å². The van der Waals surface area contributed by atoms with E-state index in [1.165, 1.54) is 6.07 Å². The van der Waals surface area contributed by atoms with Crippen molar-refractivity contribution in [3.8, 4) is 0 Å². The van der Waals surface area contributed by atoms with Crippen molar-refractivity contribution in [3.05, 3.63) is 35.6 Å². The molecule has 19 heavy (non-hydrogen) atoms. The first kappa shape index (κ1) is 13.0. The van der Waals surface area contributed by atoms with E-state index in [0.29, 0.717) is 12.2 Å². The van der Waals surface area contributed by atoms with Gasteiger partial charge in [-0.1, -0.05) is 18.2 Å². The van der Waals surface area contributed by atoms with Gasteiger partial charge in [-0.15, -0.1) is 0 Å². The molecule has 0 spiro atoms. The number of rotatable bonds is 4. The van der Waals surface area contributed by atoms with Crippen LogP contribution in [0, 0.1) is 5.82 Å². The fourth-order valence-electron chi connectivity index (χ4n) is 2.65. The number of epoxide rings is 1. The van der Waals surface area contributed by atoms with Gasteiger partial charge in [-0.3, -0.25) is 0 Å². The van der Waals surface area contributed by atoms with Gasteiger partial charge < -0.3 is 14.2 Å². The maximum absolute atomic E-state index is 13.9. The van der Waals surface area contributed by atoms with Crippen molar-refractivity contribution in [2.24, 2.45) is 0 Å². The molecular weight excluding hydrogens is 247 g/mol. The van der Waals surface area contributed by atoms with E-state index < -0.39 is 5.60 Å². The fourth-order valence-corrected chi connectivity index (χ4v) is 2.65. The zero-order valence-corrected chi connectivity index (χ0v) is 11.1. The monoisotopic (exact) mass is 266 g/mol. The third kappa shape index (κ3) is 2.53. The van der Waals surface area contributed by atoms with Crippen molar-refractivity contribution in [2.75, 3.05) is 13.2 Å². The van der Waals surface area contributed by atoms with E-state index in [1.54, 1.807) is 12.1 Å². The Morgan fingerprint density at radius 1 is 1.37 bits per heavy atom. The molecule has 0 N–H and O–H groups in total. The molecule has 2 fully saturated rings. The van der Waals surface area contributed by atoms with Gasteiger partial charge in [0.15, 0.2) is 6.29 Å². The Morgan fingerprint density at radius 3 is 2.79 bits per heavy atom. The number of hydrogen-bond acceptors (Lipinski definition) is 3. The summed E-state index contributed by atoms with van der Waals surface area (Å²) in [6.45, 7) is 3.17. The molecule has 2 unspecified atom stereocenters. The predicted molar refractivity (Wildman–Crippen MR) is 68.2 cm³/mol. The van der Waals surface area contributed by atoms with Gasteiger partial charge in [-0.05, 0) is 32.3 Å². The van der Waals surface area contributed by atoms with Crippen LogP contribution in [0.4, 0.5) is 4.39 Å². The van der Waals surface area contributed by atoms with E-state index in [-0.39, 0.29) is 18.2 Å². The summed E-state index contributed by atoms with van der Waals surface area (Å²) in [5, 5.41) is 0. The Morgan fingerprint density at radius 2 is 2.16 bits per heavy atom. The first-order valence-electron chi connectivity index (χ1n) is 6.88.